The predicted octanol–water partition coefficient (Wildman–Crippen LogP) is 3.70. The van der Waals surface area contributed by atoms with E-state index in [1.165, 1.54) is 0 Å². The van der Waals surface area contributed by atoms with Crippen LogP contribution in [0.25, 0.3) is 0 Å². The zero-order chi connectivity index (χ0) is 23.3. The van der Waals surface area contributed by atoms with Gasteiger partial charge in [0, 0.05) is 49.8 Å². The summed E-state index contributed by atoms with van der Waals surface area (Å²) in [5.41, 5.74) is 1.79. The molecule has 0 radical (unpaired) electrons. The maximum absolute atomic E-state index is 12.2. The second-order valence-electron chi connectivity index (χ2n) is 8.35. The van der Waals surface area contributed by atoms with Crippen LogP contribution in [-0.2, 0) is 17.9 Å². The Morgan fingerprint density at radius 3 is 2.55 bits per heavy atom. The third-order valence-electron chi connectivity index (χ3n) is 5.05. The number of nitrogens with one attached hydrogen (secondary N) is 3. The first-order chi connectivity index (χ1) is 15.4. The average Bonchev–Trinajstić information content (AvgIpc) is 3.24. The van der Waals surface area contributed by atoms with Gasteiger partial charge in [-0.1, -0.05) is 12.1 Å². The molecule has 33 heavy (non-hydrogen) atoms. The van der Waals surface area contributed by atoms with Crippen LogP contribution in [0, 0.1) is 0 Å². The molecule has 0 saturated heterocycles. The SMILES string of the molecule is CCNC(=NCc1cccc(NC(=O)Cn2cccn2)c1)NCCCN(C(C)C)C(C)C.I. The summed E-state index contributed by atoms with van der Waals surface area (Å²) in [6.07, 6.45) is 4.48. The second kappa shape index (κ2) is 15.7. The van der Waals surface area contributed by atoms with Crippen LogP contribution in [0.5, 0.6) is 0 Å². The molecule has 1 aromatic carbocycles. The van der Waals surface area contributed by atoms with Gasteiger partial charge in [-0.15, -0.1) is 24.0 Å². The minimum absolute atomic E-state index is 0. The minimum atomic E-state index is -0.110. The molecule has 0 atom stereocenters. The van der Waals surface area contributed by atoms with Crippen LogP contribution in [0.3, 0.4) is 0 Å². The molecule has 0 spiro atoms. The Morgan fingerprint density at radius 1 is 1.15 bits per heavy atom. The van der Waals surface area contributed by atoms with Gasteiger partial charge in [0.25, 0.3) is 0 Å². The van der Waals surface area contributed by atoms with Crippen molar-refractivity contribution >= 4 is 41.5 Å². The minimum Gasteiger partial charge on any atom is -0.357 e. The van der Waals surface area contributed by atoms with Gasteiger partial charge in [-0.3, -0.25) is 14.4 Å². The Kier molecular flexibility index (Phi) is 13.7. The number of amides is 1. The fraction of sp³-hybridized carbons (Fsp3) is 0.542. The van der Waals surface area contributed by atoms with Gasteiger partial charge in [-0.05, 0) is 64.8 Å². The van der Waals surface area contributed by atoms with Crippen LogP contribution < -0.4 is 16.0 Å². The summed E-state index contributed by atoms with van der Waals surface area (Å²) in [7, 11) is 0. The van der Waals surface area contributed by atoms with Crippen molar-refractivity contribution in [2.75, 3.05) is 25.0 Å². The quantitative estimate of drug-likeness (QED) is 0.157. The van der Waals surface area contributed by atoms with Gasteiger partial charge in [0.05, 0.1) is 6.54 Å². The van der Waals surface area contributed by atoms with Crippen molar-refractivity contribution in [1.29, 1.82) is 0 Å². The van der Waals surface area contributed by atoms with E-state index in [9.17, 15) is 4.79 Å². The van der Waals surface area contributed by atoms with E-state index in [0.717, 1.165) is 43.3 Å². The summed E-state index contributed by atoms with van der Waals surface area (Å²) < 4.78 is 1.60. The van der Waals surface area contributed by atoms with Crippen LogP contribution in [-0.4, -0.2) is 58.3 Å². The van der Waals surface area contributed by atoms with E-state index in [2.05, 4.69) is 60.6 Å². The molecule has 184 valence electrons. The van der Waals surface area contributed by atoms with E-state index >= 15 is 0 Å². The Labute approximate surface area is 215 Å². The lowest BCUT2D eigenvalue weighted by Crippen LogP contribution is -2.41. The normalized spacial score (nSPS) is 11.6. The number of guanidine groups is 1. The van der Waals surface area contributed by atoms with Gasteiger partial charge in [0.1, 0.15) is 6.54 Å². The summed E-state index contributed by atoms with van der Waals surface area (Å²) in [5, 5.41) is 13.7. The predicted molar refractivity (Wildman–Crippen MR) is 147 cm³/mol. The van der Waals surface area contributed by atoms with Gasteiger partial charge in [0.15, 0.2) is 5.96 Å². The molecular weight excluding hydrogens is 529 g/mol. The van der Waals surface area contributed by atoms with E-state index in [1.807, 2.05) is 24.3 Å². The molecule has 9 heteroatoms. The van der Waals surface area contributed by atoms with E-state index in [0.29, 0.717) is 18.6 Å². The lowest BCUT2D eigenvalue weighted by atomic mass is 10.2. The highest BCUT2D eigenvalue weighted by Crippen LogP contribution is 2.12. The average molecular weight is 570 g/mol. The molecule has 0 fully saturated rings. The number of benzene rings is 1. The number of hydrogen-bond donors (Lipinski definition) is 3. The maximum atomic E-state index is 12.2. The highest BCUT2D eigenvalue weighted by molar-refractivity contribution is 14.0. The monoisotopic (exact) mass is 569 g/mol. The van der Waals surface area contributed by atoms with Crippen LogP contribution >= 0.6 is 24.0 Å². The molecule has 3 N–H and O–H groups in total. The summed E-state index contributed by atoms with van der Waals surface area (Å²) >= 11 is 0. The van der Waals surface area contributed by atoms with E-state index in [4.69, 9.17) is 4.99 Å². The topological polar surface area (TPSA) is 86.6 Å². The van der Waals surface area contributed by atoms with Crippen molar-refractivity contribution in [3.05, 3.63) is 48.3 Å². The third kappa shape index (κ3) is 11.0. The second-order valence-corrected chi connectivity index (χ2v) is 8.35. The summed E-state index contributed by atoms with van der Waals surface area (Å²) in [6.45, 7) is 14.5. The number of aromatic nitrogens is 2. The smallest absolute Gasteiger partial charge is 0.246 e. The van der Waals surface area contributed by atoms with Crippen molar-refractivity contribution in [3.63, 3.8) is 0 Å². The first kappa shape index (κ1) is 28.9. The van der Waals surface area contributed by atoms with Gasteiger partial charge in [-0.25, -0.2) is 4.99 Å². The lowest BCUT2D eigenvalue weighted by Gasteiger charge is -2.30. The molecule has 0 unspecified atom stereocenters. The van der Waals surface area contributed by atoms with Crippen LogP contribution in [0.2, 0.25) is 0 Å². The molecule has 0 saturated carbocycles. The Bertz CT molecular complexity index is 829. The molecule has 8 nitrogen and oxygen atoms in total. The van der Waals surface area contributed by atoms with Crippen molar-refractivity contribution in [3.8, 4) is 0 Å². The summed E-state index contributed by atoms with van der Waals surface area (Å²) in [5.74, 6) is 0.697. The van der Waals surface area contributed by atoms with Gasteiger partial charge >= 0.3 is 0 Å². The van der Waals surface area contributed by atoms with Crippen molar-refractivity contribution < 1.29 is 4.79 Å². The summed E-state index contributed by atoms with van der Waals surface area (Å²) in [6, 6.07) is 10.7. The van der Waals surface area contributed by atoms with Gasteiger partial charge < -0.3 is 16.0 Å². The zero-order valence-corrected chi connectivity index (χ0v) is 22.9. The standard InChI is InChI=1S/C24H39N7O.HI/c1-6-25-24(26-12-8-15-31(19(2)3)20(4)5)27-17-21-10-7-11-22(16-21)29-23(32)18-30-14-9-13-28-30;/h7,9-11,13-14,16,19-20H,6,8,12,15,17-18H2,1-5H3,(H,29,32)(H2,25,26,27);1H. The first-order valence-corrected chi connectivity index (χ1v) is 11.5. The lowest BCUT2D eigenvalue weighted by molar-refractivity contribution is -0.116. The zero-order valence-electron chi connectivity index (χ0n) is 20.5. The largest absolute Gasteiger partial charge is 0.357 e. The Balaban J connectivity index is 0.00000544. The van der Waals surface area contributed by atoms with Crippen LogP contribution in [0.4, 0.5) is 5.69 Å². The van der Waals surface area contributed by atoms with Crippen LogP contribution in [0.1, 0.15) is 46.6 Å². The first-order valence-electron chi connectivity index (χ1n) is 11.5. The molecule has 2 aromatic rings. The van der Waals surface area contributed by atoms with Gasteiger partial charge in [0.2, 0.25) is 5.91 Å². The van der Waals surface area contributed by atoms with E-state index in [1.54, 1.807) is 23.1 Å². The molecule has 0 aliphatic carbocycles. The van der Waals surface area contributed by atoms with Crippen LogP contribution in [0.15, 0.2) is 47.7 Å². The fourth-order valence-electron chi connectivity index (χ4n) is 3.58. The molecule has 1 aromatic heterocycles. The molecule has 1 heterocycles. The van der Waals surface area contributed by atoms with E-state index in [-0.39, 0.29) is 36.4 Å². The van der Waals surface area contributed by atoms with Crippen molar-refractivity contribution in [2.45, 2.75) is 66.2 Å². The fourth-order valence-corrected chi connectivity index (χ4v) is 3.58. The molecule has 0 bridgehead atoms. The number of carbonyl (C=O) groups is 1. The highest BCUT2D eigenvalue weighted by Gasteiger charge is 2.12. The molecule has 0 aliphatic heterocycles. The number of rotatable bonds is 12. The number of nitrogens with zero attached hydrogens (tertiary/aromatic N) is 4. The van der Waals surface area contributed by atoms with Crippen molar-refractivity contribution in [2.24, 2.45) is 4.99 Å². The number of carbonyl (C=O) groups excluding carboxylic acids is 1. The summed E-state index contributed by atoms with van der Waals surface area (Å²) in [4.78, 5) is 19.4. The molecule has 0 aliphatic rings. The maximum Gasteiger partial charge on any atom is 0.246 e. The third-order valence-corrected chi connectivity index (χ3v) is 5.05. The highest BCUT2D eigenvalue weighted by atomic mass is 127. The number of halogens is 1. The van der Waals surface area contributed by atoms with E-state index < -0.39 is 0 Å². The molecular formula is C24H40IN7O. The molecule has 1 amide bonds. The molecule has 2 rings (SSSR count). The number of anilines is 1. The van der Waals surface area contributed by atoms with Gasteiger partial charge in [-0.2, -0.15) is 5.10 Å². The Hall–Kier alpha value is -2.14. The Morgan fingerprint density at radius 2 is 1.91 bits per heavy atom. The number of aliphatic imine (C=N–C) groups is 1. The van der Waals surface area contributed by atoms with Crippen molar-refractivity contribution in [1.82, 2.24) is 25.3 Å². The number of hydrogen-bond acceptors (Lipinski definition) is 4.